The van der Waals surface area contributed by atoms with Crippen LogP contribution < -0.4 is 4.72 Å². The van der Waals surface area contributed by atoms with Gasteiger partial charge in [-0.2, -0.15) is 0 Å². The number of nitrogens with zero attached hydrogens (tertiary/aromatic N) is 2. The summed E-state index contributed by atoms with van der Waals surface area (Å²) in [7, 11) is -3.47. The van der Waals surface area contributed by atoms with Crippen molar-refractivity contribution in [1.82, 2.24) is 14.6 Å². The third-order valence-electron chi connectivity index (χ3n) is 3.35. The van der Waals surface area contributed by atoms with Crippen LogP contribution in [0.4, 0.5) is 0 Å². The van der Waals surface area contributed by atoms with E-state index in [9.17, 15) is 8.42 Å². The summed E-state index contributed by atoms with van der Waals surface area (Å²) in [6.45, 7) is 5.04. The van der Waals surface area contributed by atoms with E-state index < -0.39 is 10.0 Å². The minimum absolute atomic E-state index is 0.0202. The van der Waals surface area contributed by atoms with E-state index in [-0.39, 0.29) is 10.9 Å². The Kier molecular flexibility index (Phi) is 4.94. The van der Waals surface area contributed by atoms with Crippen LogP contribution in [0.5, 0.6) is 0 Å². The molecule has 0 bridgehead atoms. The highest BCUT2D eigenvalue weighted by molar-refractivity contribution is 9.10. The molecule has 106 valence electrons. The van der Waals surface area contributed by atoms with Gasteiger partial charge in [0.15, 0.2) is 0 Å². The van der Waals surface area contributed by atoms with Gasteiger partial charge in [0.25, 0.3) is 0 Å². The lowest BCUT2D eigenvalue weighted by atomic mass is 10.1. The molecule has 1 aliphatic rings. The van der Waals surface area contributed by atoms with Crippen LogP contribution in [0.2, 0.25) is 0 Å². The van der Waals surface area contributed by atoms with Gasteiger partial charge >= 0.3 is 0 Å². The smallest absolute Gasteiger partial charge is 0.242 e. The number of pyridine rings is 1. The van der Waals surface area contributed by atoms with Crippen molar-refractivity contribution < 1.29 is 8.42 Å². The van der Waals surface area contributed by atoms with Crippen molar-refractivity contribution in [2.24, 2.45) is 0 Å². The van der Waals surface area contributed by atoms with Crippen LogP contribution >= 0.6 is 15.9 Å². The predicted molar refractivity (Wildman–Crippen MR) is 77.4 cm³/mol. The Morgan fingerprint density at radius 3 is 2.68 bits per heavy atom. The van der Waals surface area contributed by atoms with Crippen LogP contribution in [-0.4, -0.2) is 44.0 Å². The fraction of sp³-hybridized carbons (Fsp3) is 0.583. The van der Waals surface area contributed by atoms with Gasteiger partial charge in [-0.15, -0.1) is 0 Å². The predicted octanol–water partition coefficient (Wildman–Crippen LogP) is 1.61. The Morgan fingerprint density at radius 1 is 1.42 bits per heavy atom. The molecular weight excluding hydrogens is 330 g/mol. The molecule has 0 amide bonds. The molecule has 1 saturated heterocycles. The van der Waals surface area contributed by atoms with E-state index in [1.807, 2.05) is 0 Å². The van der Waals surface area contributed by atoms with E-state index >= 15 is 0 Å². The molecule has 2 heterocycles. The van der Waals surface area contributed by atoms with Gasteiger partial charge in [0.1, 0.15) is 4.90 Å². The van der Waals surface area contributed by atoms with E-state index in [2.05, 4.69) is 37.5 Å². The molecule has 1 aromatic heterocycles. The van der Waals surface area contributed by atoms with E-state index in [0.717, 1.165) is 32.5 Å². The summed E-state index contributed by atoms with van der Waals surface area (Å²) in [5.74, 6) is 0. The van der Waals surface area contributed by atoms with Crippen molar-refractivity contribution in [3.8, 4) is 0 Å². The number of piperidine rings is 1. The normalized spacial score (nSPS) is 18.6. The quantitative estimate of drug-likeness (QED) is 0.898. The molecule has 1 aromatic rings. The summed E-state index contributed by atoms with van der Waals surface area (Å²) >= 11 is 3.24. The molecule has 0 unspecified atom stereocenters. The van der Waals surface area contributed by atoms with Crippen LogP contribution in [0.15, 0.2) is 27.8 Å². The number of hydrogen-bond donors (Lipinski definition) is 1. The molecule has 0 atom stereocenters. The molecule has 1 aliphatic heterocycles. The third-order valence-corrected chi connectivity index (χ3v) is 5.27. The van der Waals surface area contributed by atoms with Gasteiger partial charge in [-0.1, -0.05) is 6.92 Å². The fourth-order valence-corrected chi connectivity index (χ4v) is 4.00. The Hall–Kier alpha value is -0.500. The summed E-state index contributed by atoms with van der Waals surface area (Å²) in [6.07, 6.45) is 4.65. The number of nitrogens with one attached hydrogen (secondary N) is 1. The largest absolute Gasteiger partial charge is 0.303 e. The average molecular weight is 348 g/mol. The van der Waals surface area contributed by atoms with Gasteiger partial charge in [-0.3, -0.25) is 4.98 Å². The zero-order valence-electron chi connectivity index (χ0n) is 10.8. The molecular formula is C12H18BrN3O2S. The van der Waals surface area contributed by atoms with Crippen LogP contribution in [0.25, 0.3) is 0 Å². The molecule has 1 N–H and O–H groups in total. The SMILES string of the molecule is CCN1CCC(NS(=O)(=O)c2cncc(Br)c2)CC1. The van der Waals surface area contributed by atoms with Crippen molar-refractivity contribution in [3.05, 3.63) is 22.9 Å². The first kappa shape index (κ1) is 14.9. The van der Waals surface area contributed by atoms with E-state index in [4.69, 9.17) is 0 Å². The number of rotatable bonds is 4. The van der Waals surface area contributed by atoms with Crippen LogP contribution in [0.1, 0.15) is 19.8 Å². The number of hydrogen-bond acceptors (Lipinski definition) is 4. The minimum Gasteiger partial charge on any atom is -0.303 e. The maximum Gasteiger partial charge on any atom is 0.242 e. The summed E-state index contributed by atoms with van der Waals surface area (Å²) in [6, 6.07) is 1.59. The first-order chi connectivity index (χ1) is 9.01. The highest BCUT2D eigenvalue weighted by atomic mass is 79.9. The molecule has 1 fully saturated rings. The highest BCUT2D eigenvalue weighted by Gasteiger charge is 2.24. The highest BCUT2D eigenvalue weighted by Crippen LogP contribution is 2.17. The van der Waals surface area contributed by atoms with Crippen molar-refractivity contribution >= 4 is 26.0 Å². The molecule has 0 aromatic carbocycles. The fourth-order valence-electron chi connectivity index (χ4n) is 2.19. The molecule has 0 saturated carbocycles. The van der Waals surface area contributed by atoms with Gasteiger partial charge in [0.05, 0.1) is 0 Å². The van der Waals surface area contributed by atoms with Crippen molar-refractivity contribution in [3.63, 3.8) is 0 Å². The van der Waals surface area contributed by atoms with Gasteiger partial charge < -0.3 is 4.90 Å². The number of likely N-dealkylation sites (tertiary alicyclic amines) is 1. The summed E-state index contributed by atoms with van der Waals surface area (Å²) in [4.78, 5) is 6.43. The van der Waals surface area contributed by atoms with Crippen molar-refractivity contribution in [2.75, 3.05) is 19.6 Å². The minimum atomic E-state index is -3.47. The van der Waals surface area contributed by atoms with Crippen molar-refractivity contribution in [1.29, 1.82) is 0 Å². The van der Waals surface area contributed by atoms with E-state index in [1.54, 1.807) is 12.3 Å². The van der Waals surface area contributed by atoms with Gasteiger partial charge in [0, 0.05) is 22.9 Å². The Balaban J connectivity index is 2.02. The third kappa shape index (κ3) is 3.98. The second-order valence-electron chi connectivity index (χ2n) is 4.67. The number of halogens is 1. The second-order valence-corrected chi connectivity index (χ2v) is 7.30. The average Bonchev–Trinajstić information content (AvgIpc) is 2.39. The first-order valence-corrected chi connectivity index (χ1v) is 8.64. The Labute approximate surface area is 122 Å². The Bertz CT molecular complexity index is 528. The summed E-state index contributed by atoms with van der Waals surface area (Å²) < 4.78 is 27.9. The molecule has 2 rings (SSSR count). The maximum absolute atomic E-state index is 12.2. The molecule has 0 radical (unpaired) electrons. The molecule has 19 heavy (non-hydrogen) atoms. The van der Waals surface area contributed by atoms with E-state index in [1.165, 1.54) is 6.20 Å². The van der Waals surface area contributed by atoms with Gasteiger partial charge in [-0.05, 0) is 54.5 Å². The molecule has 7 heteroatoms. The lowest BCUT2D eigenvalue weighted by Gasteiger charge is -2.31. The number of sulfonamides is 1. The zero-order valence-corrected chi connectivity index (χ0v) is 13.2. The van der Waals surface area contributed by atoms with Crippen molar-refractivity contribution in [2.45, 2.75) is 30.7 Å². The lowest BCUT2D eigenvalue weighted by molar-refractivity contribution is 0.217. The van der Waals surface area contributed by atoms with Crippen LogP contribution in [0.3, 0.4) is 0 Å². The monoisotopic (exact) mass is 347 g/mol. The summed E-state index contributed by atoms with van der Waals surface area (Å²) in [5, 5.41) is 0. The van der Waals surface area contributed by atoms with Gasteiger partial charge in [-0.25, -0.2) is 13.1 Å². The standard InChI is InChI=1S/C12H18BrN3O2S/c1-2-16-5-3-11(4-6-16)15-19(17,18)12-7-10(13)8-14-9-12/h7-9,11,15H,2-6H2,1H3. The number of aromatic nitrogens is 1. The summed E-state index contributed by atoms with van der Waals surface area (Å²) in [5.41, 5.74) is 0. The van der Waals surface area contributed by atoms with Gasteiger partial charge in [0.2, 0.25) is 10.0 Å². The van der Waals surface area contributed by atoms with Crippen LogP contribution in [0, 0.1) is 0 Å². The zero-order chi connectivity index (χ0) is 13.9. The van der Waals surface area contributed by atoms with Crippen LogP contribution in [-0.2, 0) is 10.0 Å². The topological polar surface area (TPSA) is 62.3 Å². The molecule has 0 spiro atoms. The van der Waals surface area contributed by atoms with E-state index in [0.29, 0.717) is 4.47 Å². The maximum atomic E-state index is 12.2. The lowest BCUT2D eigenvalue weighted by Crippen LogP contribution is -2.44. The molecule has 5 nitrogen and oxygen atoms in total. The molecule has 0 aliphatic carbocycles. The first-order valence-electron chi connectivity index (χ1n) is 6.36. The second kappa shape index (κ2) is 6.30. The Morgan fingerprint density at radius 2 is 2.11 bits per heavy atom.